The van der Waals surface area contributed by atoms with Crippen molar-refractivity contribution in [3.8, 4) is 5.88 Å². The fourth-order valence-electron chi connectivity index (χ4n) is 2.88. The van der Waals surface area contributed by atoms with E-state index in [2.05, 4.69) is 27.4 Å². The molecular weight excluding hydrogens is 408 g/mol. The molecule has 0 saturated heterocycles. The van der Waals surface area contributed by atoms with E-state index in [4.69, 9.17) is 25.9 Å². The molecule has 3 rings (SSSR count). The molecule has 1 amide bonds. The summed E-state index contributed by atoms with van der Waals surface area (Å²) in [5.74, 6) is 0.442. The minimum absolute atomic E-state index is 0.0921. The van der Waals surface area contributed by atoms with Crippen LogP contribution in [-0.2, 0) is 21.0 Å². The maximum Gasteiger partial charge on any atom is 0.273 e. The third-order valence-electron chi connectivity index (χ3n) is 4.49. The normalized spacial score (nSPS) is 15.9. The predicted molar refractivity (Wildman–Crippen MR) is 114 cm³/mol. The number of carbonyl (C=O) groups excluding carboxylic acids is 1. The molecule has 1 N–H and O–H groups in total. The van der Waals surface area contributed by atoms with Crippen molar-refractivity contribution in [1.29, 1.82) is 0 Å². The molecule has 0 aliphatic carbocycles. The van der Waals surface area contributed by atoms with Gasteiger partial charge in [-0.15, -0.1) is 0 Å². The number of hydrogen-bond acceptors (Lipinski definition) is 7. The molecule has 0 radical (unpaired) electrons. The van der Waals surface area contributed by atoms with Crippen LogP contribution in [0, 0.1) is 0 Å². The van der Waals surface area contributed by atoms with Crippen LogP contribution in [0.5, 0.6) is 5.88 Å². The molecule has 30 heavy (non-hydrogen) atoms. The van der Waals surface area contributed by atoms with E-state index < -0.39 is 0 Å². The third-order valence-corrected chi connectivity index (χ3v) is 4.76. The molecule has 1 aliphatic heterocycles. The lowest BCUT2D eigenvalue weighted by molar-refractivity contribution is -0.114. The number of hydrogen-bond donors (Lipinski definition) is 1. The fraction of sp³-hybridized carbons (Fsp3) is 0.333. The van der Waals surface area contributed by atoms with Crippen LogP contribution in [0.3, 0.4) is 0 Å². The largest absolute Gasteiger partial charge is 0.472 e. The zero-order valence-corrected chi connectivity index (χ0v) is 17.8. The maximum absolute atomic E-state index is 12.2. The highest BCUT2D eigenvalue weighted by Crippen LogP contribution is 2.26. The Kier molecular flexibility index (Phi) is 7.24. The number of benzene rings is 1. The molecule has 1 atom stereocenters. The molecule has 2 aromatic rings. The Morgan fingerprint density at radius 1 is 1.40 bits per heavy atom. The van der Waals surface area contributed by atoms with Crippen molar-refractivity contribution >= 4 is 29.1 Å². The Morgan fingerprint density at radius 3 is 2.87 bits per heavy atom. The first-order valence-corrected chi connectivity index (χ1v) is 9.86. The Bertz CT molecular complexity index is 977. The quantitative estimate of drug-likeness (QED) is 0.513. The molecule has 158 valence electrons. The van der Waals surface area contributed by atoms with Crippen LogP contribution in [0.4, 0.5) is 0 Å². The molecule has 1 unspecified atom stereocenters. The van der Waals surface area contributed by atoms with Gasteiger partial charge >= 0.3 is 0 Å². The smallest absolute Gasteiger partial charge is 0.273 e. The van der Waals surface area contributed by atoms with E-state index in [1.165, 1.54) is 14.2 Å². The molecule has 1 aromatic carbocycles. The number of nitrogens with one attached hydrogen (secondary N) is 1. The summed E-state index contributed by atoms with van der Waals surface area (Å²) in [6.45, 7) is 2.82. The lowest BCUT2D eigenvalue weighted by Gasteiger charge is -2.13. The van der Waals surface area contributed by atoms with Crippen molar-refractivity contribution in [3.63, 3.8) is 0 Å². The number of aromatic nitrogens is 1. The van der Waals surface area contributed by atoms with Gasteiger partial charge in [-0.25, -0.2) is 9.98 Å². The number of halogens is 1. The van der Waals surface area contributed by atoms with Crippen molar-refractivity contribution in [3.05, 3.63) is 58.2 Å². The number of aliphatic imine (C=N–C) groups is 1. The second-order valence-corrected chi connectivity index (χ2v) is 6.86. The first-order chi connectivity index (χ1) is 14.6. The summed E-state index contributed by atoms with van der Waals surface area (Å²) in [4.78, 5) is 25.7. The van der Waals surface area contributed by atoms with Gasteiger partial charge in [0.2, 0.25) is 11.8 Å². The van der Waals surface area contributed by atoms with Crippen molar-refractivity contribution in [1.82, 2.24) is 10.3 Å². The molecule has 1 aliphatic rings. The van der Waals surface area contributed by atoms with Gasteiger partial charge in [0.05, 0.1) is 12.1 Å². The van der Waals surface area contributed by atoms with Crippen LogP contribution in [0.15, 0.2) is 46.7 Å². The molecular formula is C21H23ClN4O4. The number of nitrogens with zero attached hydrogens (tertiary/aromatic N) is 3. The molecule has 0 saturated carbocycles. The average molecular weight is 431 g/mol. The van der Waals surface area contributed by atoms with Crippen molar-refractivity contribution in [2.45, 2.75) is 26.1 Å². The van der Waals surface area contributed by atoms with Gasteiger partial charge in [-0.05, 0) is 18.1 Å². The number of amides is 1. The van der Waals surface area contributed by atoms with E-state index in [9.17, 15) is 4.79 Å². The monoisotopic (exact) mass is 430 g/mol. The fourth-order valence-corrected chi connectivity index (χ4v) is 3.10. The van der Waals surface area contributed by atoms with Gasteiger partial charge in [0.1, 0.15) is 24.8 Å². The maximum atomic E-state index is 12.2. The molecule has 1 aromatic heterocycles. The number of carbonyl (C=O) groups is 1. The van der Waals surface area contributed by atoms with Crippen LogP contribution in [0.2, 0.25) is 5.02 Å². The summed E-state index contributed by atoms with van der Waals surface area (Å²) in [6.07, 6.45) is 2.60. The first kappa shape index (κ1) is 21.6. The number of oxime groups is 1. The number of rotatable bonds is 8. The lowest BCUT2D eigenvalue weighted by Crippen LogP contribution is -2.29. The Morgan fingerprint density at radius 2 is 2.20 bits per heavy atom. The Hall–Kier alpha value is -3.13. The second-order valence-electron chi connectivity index (χ2n) is 6.45. The van der Waals surface area contributed by atoms with Gasteiger partial charge in [-0.1, -0.05) is 47.9 Å². The van der Waals surface area contributed by atoms with E-state index >= 15 is 0 Å². The van der Waals surface area contributed by atoms with E-state index in [-0.39, 0.29) is 30.2 Å². The zero-order chi connectivity index (χ0) is 21.5. The van der Waals surface area contributed by atoms with E-state index in [1.54, 1.807) is 24.4 Å². The van der Waals surface area contributed by atoms with Crippen LogP contribution in [0.25, 0.3) is 0 Å². The molecule has 0 fully saturated rings. The molecule has 9 heteroatoms. The van der Waals surface area contributed by atoms with Gasteiger partial charge in [-0.2, -0.15) is 0 Å². The van der Waals surface area contributed by atoms with Gasteiger partial charge in [-0.3, -0.25) is 4.79 Å². The van der Waals surface area contributed by atoms with E-state index in [1.807, 2.05) is 12.1 Å². The predicted octanol–water partition coefficient (Wildman–Crippen LogP) is 2.97. The molecule has 8 nitrogen and oxygen atoms in total. The highest BCUT2D eigenvalue weighted by atomic mass is 35.5. The minimum atomic E-state index is -0.368. The second kappa shape index (κ2) is 10.1. The van der Waals surface area contributed by atoms with E-state index in [0.29, 0.717) is 28.6 Å². The number of pyridine rings is 1. The van der Waals surface area contributed by atoms with Crippen molar-refractivity contribution in [2.24, 2.45) is 10.1 Å². The highest BCUT2D eigenvalue weighted by Gasteiger charge is 2.21. The van der Waals surface area contributed by atoms with Gasteiger partial charge in [0, 0.05) is 18.8 Å². The van der Waals surface area contributed by atoms with E-state index in [0.717, 1.165) is 12.0 Å². The summed E-state index contributed by atoms with van der Waals surface area (Å²) in [6, 6.07) is 8.96. The summed E-state index contributed by atoms with van der Waals surface area (Å²) < 4.78 is 11.6. The molecule has 0 bridgehead atoms. The average Bonchev–Trinajstić information content (AvgIpc) is 3.26. The van der Waals surface area contributed by atoms with Gasteiger partial charge in [0.25, 0.3) is 5.91 Å². The van der Waals surface area contributed by atoms with Crippen LogP contribution >= 0.6 is 11.6 Å². The van der Waals surface area contributed by atoms with Gasteiger partial charge < -0.3 is 19.6 Å². The Balaban J connectivity index is 1.77. The Labute approximate surface area is 179 Å². The summed E-state index contributed by atoms with van der Waals surface area (Å²) in [5, 5.41) is 6.74. The summed E-state index contributed by atoms with van der Waals surface area (Å²) in [5.41, 5.74) is 2.17. The summed E-state index contributed by atoms with van der Waals surface area (Å²) in [7, 11) is 2.91. The third kappa shape index (κ3) is 4.88. The SMILES string of the molecule is CCC1CN=C(c2cnc(OCc3ccccc3C(=NOC)C(=O)NC)c(Cl)c2)O1. The zero-order valence-electron chi connectivity index (χ0n) is 17.0. The van der Waals surface area contributed by atoms with Crippen LogP contribution < -0.4 is 10.1 Å². The number of ether oxygens (including phenoxy) is 2. The highest BCUT2D eigenvalue weighted by molar-refractivity contribution is 6.45. The van der Waals surface area contributed by atoms with Crippen molar-refractivity contribution in [2.75, 3.05) is 20.7 Å². The molecule has 2 heterocycles. The topological polar surface area (TPSA) is 94.4 Å². The lowest BCUT2D eigenvalue weighted by atomic mass is 10.0. The van der Waals surface area contributed by atoms with Gasteiger partial charge in [0.15, 0.2) is 5.71 Å². The van der Waals surface area contributed by atoms with Crippen LogP contribution in [0.1, 0.15) is 30.0 Å². The van der Waals surface area contributed by atoms with Crippen LogP contribution in [-0.4, -0.2) is 49.3 Å². The standard InChI is InChI=1S/C21H23ClN4O4/c1-4-15-11-25-20(30-15)14-9-17(22)21(24-10-14)29-12-13-7-5-6-8-16(13)18(26-28-3)19(27)23-2/h5-10,15H,4,11-12H2,1-3H3,(H,23,27). The number of likely N-dealkylation sites (N-methyl/N-ethyl adjacent to an activating group) is 1. The van der Waals surface area contributed by atoms with Crippen molar-refractivity contribution < 1.29 is 19.1 Å². The summed E-state index contributed by atoms with van der Waals surface area (Å²) >= 11 is 6.36. The minimum Gasteiger partial charge on any atom is -0.472 e. The molecule has 0 spiro atoms. The first-order valence-electron chi connectivity index (χ1n) is 9.48.